The first-order chi connectivity index (χ1) is 10.4. The first-order valence-corrected chi connectivity index (χ1v) is 6.97. The van der Waals surface area contributed by atoms with Crippen molar-refractivity contribution in [1.82, 2.24) is 9.80 Å². The van der Waals surface area contributed by atoms with Crippen LogP contribution in [0.25, 0.3) is 0 Å². The van der Waals surface area contributed by atoms with E-state index in [0.29, 0.717) is 25.2 Å². The summed E-state index contributed by atoms with van der Waals surface area (Å²) in [5.74, 6) is -1.26. The molecule has 22 heavy (non-hydrogen) atoms. The van der Waals surface area contributed by atoms with Crippen molar-refractivity contribution in [2.24, 2.45) is 0 Å². The molecule has 1 aromatic carbocycles. The predicted molar refractivity (Wildman–Crippen MR) is 71.9 cm³/mol. The number of aliphatic hydroxyl groups is 1. The number of hydrogen-bond acceptors (Lipinski definition) is 4. The molecule has 1 aromatic rings. The highest BCUT2D eigenvalue weighted by Crippen LogP contribution is 2.28. The normalized spacial score (nSPS) is 17.7. The van der Waals surface area contributed by atoms with Crippen molar-refractivity contribution in [3.05, 3.63) is 29.6 Å². The van der Waals surface area contributed by atoms with Gasteiger partial charge in [0.2, 0.25) is 0 Å². The summed E-state index contributed by atoms with van der Waals surface area (Å²) in [6.45, 7) is 3.74. The number of benzene rings is 1. The van der Waals surface area contributed by atoms with Gasteiger partial charge < -0.3 is 9.84 Å². The summed E-state index contributed by atoms with van der Waals surface area (Å²) in [6.07, 6.45) is -4.84. The van der Waals surface area contributed by atoms with Gasteiger partial charge in [-0.3, -0.25) is 9.80 Å². The lowest BCUT2D eigenvalue weighted by Crippen LogP contribution is -2.46. The van der Waals surface area contributed by atoms with E-state index in [2.05, 4.69) is 9.64 Å². The molecule has 2 rings (SSSR count). The van der Waals surface area contributed by atoms with Crippen LogP contribution in [-0.2, 0) is 6.54 Å². The maximum atomic E-state index is 13.1. The Morgan fingerprint density at radius 1 is 1.09 bits per heavy atom. The molecule has 0 spiro atoms. The van der Waals surface area contributed by atoms with Gasteiger partial charge in [-0.2, -0.15) is 0 Å². The Kier molecular flexibility index (Phi) is 5.60. The number of aliphatic hydroxyl groups excluding tert-OH is 1. The number of rotatable bonds is 5. The molecule has 4 nitrogen and oxygen atoms in total. The Hall–Kier alpha value is -1.38. The zero-order valence-electron chi connectivity index (χ0n) is 11.9. The van der Waals surface area contributed by atoms with E-state index in [1.54, 1.807) is 0 Å². The van der Waals surface area contributed by atoms with Gasteiger partial charge in [-0.05, 0) is 6.07 Å². The summed E-state index contributed by atoms with van der Waals surface area (Å²) in [4.78, 5) is 4.05. The summed E-state index contributed by atoms with van der Waals surface area (Å²) in [7, 11) is 0. The van der Waals surface area contributed by atoms with E-state index < -0.39 is 17.9 Å². The number of nitrogens with zero attached hydrogens (tertiary/aromatic N) is 2. The summed E-state index contributed by atoms with van der Waals surface area (Å²) < 4.78 is 54.2. The van der Waals surface area contributed by atoms with Crippen LogP contribution in [0.1, 0.15) is 5.56 Å². The van der Waals surface area contributed by atoms with Crippen molar-refractivity contribution in [3.63, 3.8) is 0 Å². The molecule has 124 valence electrons. The molecule has 0 unspecified atom stereocenters. The Morgan fingerprint density at radius 2 is 1.73 bits per heavy atom. The van der Waals surface area contributed by atoms with Crippen LogP contribution in [0.4, 0.5) is 17.6 Å². The molecule has 0 aliphatic carbocycles. The van der Waals surface area contributed by atoms with Crippen LogP contribution in [-0.4, -0.2) is 60.6 Å². The molecular formula is C14H18F4N2O2. The topological polar surface area (TPSA) is 35.9 Å². The zero-order valence-corrected chi connectivity index (χ0v) is 11.9. The van der Waals surface area contributed by atoms with Crippen molar-refractivity contribution in [3.8, 4) is 5.75 Å². The van der Waals surface area contributed by atoms with E-state index in [1.165, 1.54) is 6.07 Å². The first kappa shape index (κ1) is 17.0. The van der Waals surface area contributed by atoms with Crippen LogP contribution in [0.2, 0.25) is 0 Å². The monoisotopic (exact) mass is 322 g/mol. The number of piperazine rings is 1. The summed E-state index contributed by atoms with van der Waals surface area (Å²) in [5, 5.41) is 8.88. The van der Waals surface area contributed by atoms with Crippen molar-refractivity contribution in [1.29, 1.82) is 0 Å². The number of β-amino-alcohol motifs (C(OH)–C–C–N with tert-alkyl or cyclic N) is 1. The largest absolute Gasteiger partial charge is 0.573 e. The molecule has 0 atom stereocenters. The first-order valence-electron chi connectivity index (χ1n) is 6.97. The SMILES string of the molecule is OCCN1CCN(Cc2ccc(F)cc2OC(F)(F)F)CC1. The molecule has 1 aliphatic heterocycles. The van der Waals surface area contributed by atoms with Crippen molar-refractivity contribution in [2.75, 3.05) is 39.3 Å². The van der Waals surface area contributed by atoms with Crippen LogP contribution >= 0.6 is 0 Å². The average molecular weight is 322 g/mol. The third kappa shape index (κ3) is 5.11. The number of ether oxygens (including phenoxy) is 1. The van der Waals surface area contributed by atoms with E-state index in [-0.39, 0.29) is 13.2 Å². The van der Waals surface area contributed by atoms with E-state index >= 15 is 0 Å². The lowest BCUT2D eigenvalue weighted by Gasteiger charge is -2.34. The molecule has 0 saturated carbocycles. The van der Waals surface area contributed by atoms with E-state index in [9.17, 15) is 17.6 Å². The Morgan fingerprint density at radius 3 is 2.32 bits per heavy atom. The fourth-order valence-corrected chi connectivity index (χ4v) is 2.43. The highest BCUT2D eigenvalue weighted by atomic mass is 19.4. The summed E-state index contributed by atoms with van der Waals surface area (Å²) >= 11 is 0. The fourth-order valence-electron chi connectivity index (χ4n) is 2.43. The fraction of sp³-hybridized carbons (Fsp3) is 0.571. The molecule has 0 aromatic heterocycles. The van der Waals surface area contributed by atoms with Crippen molar-refractivity contribution < 1.29 is 27.4 Å². The Bertz CT molecular complexity index is 488. The number of halogens is 4. The van der Waals surface area contributed by atoms with Gasteiger partial charge >= 0.3 is 6.36 Å². The number of hydrogen-bond donors (Lipinski definition) is 1. The molecule has 1 N–H and O–H groups in total. The Labute approximate surface area is 125 Å². The maximum Gasteiger partial charge on any atom is 0.573 e. The highest BCUT2D eigenvalue weighted by molar-refractivity contribution is 5.34. The van der Waals surface area contributed by atoms with Crippen LogP contribution in [0.5, 0.6) is 5.75 Å². The standard InChI is InChI=1S/C14H18F4N2O2/c15-12-2-1-11(13(9-12)22-14(16,17)18)10-20-5-3-19(4-6-20)7-8-21/h1-2,9,21H,3-8,10H2. The van der Waals surface area contributed by atoms with Crippen LogP contribution in [0, 0.1) is 5.82 Å². The van der Waals surface area contributed by atoms with Gasteiger partial charge in [-0.1, -0.05) is 6.07 Å². The maximum absolute atomic E-state index is 13.1. The molecule has 0 bridgehead atoms. The third-order valence-corrected chi connectivity index (χ3v) is 3.53. The molecule has 0 radical (unpaired) electrons. The van der Waals surface area contributed by atoms with E-state index in [0.717, 1.165) is 25.2 Å². The minimum absolute atomic E-state index is 0.0849. The van der Waals surface area contributed by atoms with Gasteiger partial charge in [0.15, 0.2) is 0 Å². The van der Waals surface area contributed by atoms with Gasteiger partial charge in [-0.15, -0.1) is 13.2 Å². The molecule has 1 aliphatic rings. The average Bonchev–Trinajstić information content (AvgIpc) is 2.42. The van der Waals surface area contributed by atoms with E-state index in [4.69, 9.17) is 5.11 Å². The minimum atomic E-state index is -4.84. The third-order valence-electron chi connectivity index (χ3n) is 3.53. The van der Waals surface area contributed by atoms with Crippen LogP contribution in [0.3, 0.4) is 0 Å². The lowest BCUT2D eigenvalue weighted by molar-refractivity contribution is -0.275. The van der Waals surface area contributed by atoms with Gasteiger partial charge in [0, 0.05) is 50.9 Å². The molecule has 0 amide bonds. The summed E-state index contributed by atoms with van der Waals surface area (Å²) in [6, 6.07) is 3.20. The van der Waals surface area contributed by atoms with Crippen LogP contribution in [0.15, 0.2) is 18.2 Å². The van der Waals surface area contributed by atoms with E-state index in [1.807, 2.05) is 4.90 Å². The molecular weight excluding hydrogens is 304 g/mol. The predicted octanol–water partition coefficient (Wildman–Crippen LogP) is 1.83. The smallest absolute Gasteiger partial charge is 0.405 e. The molecule has 1 saturated heterocycles. The van der Waals surface area contributed by atoms with Crippen molar-refractivity contribution >= 4 is 0 Å². The Balaban J connectivity index is 2.01. The molecule has 1 heterocycles. The second-order valence-corrected chi connectivity index (χ2v) is 5.14. The highest BCUT2D eigenvalue weighted by Gasteiger charge is 2.32. The van der Waals surface area contributed by atoms with Crippen LogP contribution < -0.4 is 4.74 Å². The quantitative estimate of drug-likeness (QED) is 0.839. The lowest BCUT2D eigenvalue weighted by atomic mass is 10.1. The second kappa shape index (κ2) is 7.26. The summed E-state index contributed by atoms with van der Waals surface area (Å²) in [5.41, 5.74) is 0.300. The number of alkyl halides is 3. The molecule has 8 heteroatoms. The molecule has 1 fully saturated rings. The van der Waals surface area contributed by atoms with Gasteiger partial charge in [-0.25, -0.2) is 4.39 Å². The van der Waals surface area contributed by atoms with Crippen molar-refractivity contribution in [2.45, 2.75) is 12.9 Å². The zero-order chi connectivity index (χ0) is 16.2. The van der Waals surface area contributed by atoms with Gasteiger partial charge in [0.25, 0.3) is 0 Å². The van der Waals surface area contributed by atoms with Gasteiger partial charge in [0.1, 0.15) is 11.6 Å². The minimum Gasteiger partial charge on any atom is -0.405 e. The van der Waals surface area contributed by atoms with Gasteiger partial charge in [0.05, 0.1) is 6.61 Å². The second-order valence-electron chi connectivity index (χ2n) is 5.14.